The molecule has 3 rings (SSSR count). The van der Waals surface area contributed by atoms with Gasteiger partial charge in [0.05, 0.1) is 12.1 Å². The monoisotopic (exact) mass is 294 g/mol. The molecule has 0 amide bonds. The fraction of sp³-hybridized carbons (Fsp3) is 0.167. The standard InChI is InChI=1S/C12H10N2OS3/c1-7-2-3-8(18-7)6-14-11(15)10-9(4-5-17-10)13-12(14)16/h2-5H,6H2,1H3,(H,13,16). The molecule has 0 aliphatic carbocycles. The lowest BCUT2D eigenvalue weighted by Crippen LogP contribution is -2.21. The first-order valence-electron chi connectivity index (χ1n) is 5.41. The smallest absolute Gasteiger partial charge is 0.272 e. The van der Waals surface area contributed by atoms with Crippen molar-refractivity contribution in [2.24, 2.45) is 0 Å². The van der Waals surface area contributed by atoms with Gasteiger partial charge in [-0.05, 0) is 42.7 Å². The summed E-state index contributed by atoms with van der Waals surface area (Å²) in [6, 6.07) is 5.98. The predicted octanol–water partition coefficient (Wildman–Crippen LogP) is 3.54. The van der Waals surface area contributed by atoms with Crippen LogP contribution < -0.4 is 5.56 Å². The molecule has 0 aliphatic rings. The molecule has 3 heterocycles. The third-order valence-corrected chi connectivity index (χ3v) is 4.91. The van der Waals surface area contributed by atoms with E-state index in [1.54, 1.807) is 15.9 Å². The summed E-state index contributed by atoms with van der Waals surface area (Å²) in [5.74, 6) is 0. The Hall–Kier alpha value is -1.24. The Bertz CT molecular complexity index is 822. The summed E-state index contributed by atoms with van der Waals surface area (Å²) in [5, 5.41) is 1.90. The number of hydrogen-bond acceptors (Lipinski definition) is 4. The second kappa shape index (κ2) is 4.46. The highest BCUT2D eigenvalue weighted by Crippen LogP contribution is 2.18. The van der Waals surface area contributed by atoms with E-state index < -0.39 is 0 Å². The lowest BCUT2D eigenvalue weighted by molar-refractivity contribution is 0.745. The number of thiophene rings is 2. The number of nitrogens with one attached hydrogen (secondary N) is 1. The van der Waals surface area contributed by atoms with Gasteiger partial charge >= 0.3 is 0 Å². The first-order chi connectivity index (χ1) is 8.65. The van der Waals surface area contributed by atoms with Crippen LogP contribution >= 0.6 is 34.9 Å². The Kier molecular flexibility index (Phi) is 2.93. The lowest BCUT2D eigenvalue weighted by Gasteiger charge is -2.04. The normalized spacial score (nSPS) is 11.2. The molecule has 3 aromatic heterocycles. The molecule has 0 unspecified atom stereocenters. The van der Waals surface area contributed by atoms with E-state index in [4.69, 9.17) is 12.2 Å². The Labute approximate surface area is 116 Å². The van der Waals surface area contributed by atoms with Crippen molar-refractivity contribution in [2.75, 3.05) is 0 Å². The third kappa shape index (κ3) is 1.96. The molecule has 1 N–H and O–H groups in total. The summed E-state index contributed by atoms with van der Waals surface area (Å²) >= 11 is 8.39. The number of fused-ring (bicyclic) bond motifs is 1. The maximum absolute atomic E-state index is 12.3. The summed E-state index contributed by atoms with van der Waals surface area (Å²) in [6.07, 6.45) is 0. The Morgan fingerprint density at radius 1 is 1.39 bits per heavy atom. The van der Waals surface area contributed by atoms with Crippen molar-refractivity contribution >= 4 is 45.1 Å². The van der Waals surface area contributed by atoms with E-state index in [9.17, 15) is 4.79 Å². The topological polar surface area (TPSA) is 37.8 Å². The summed E-state index contributed by atoms with van der Waals surface area (Å²) in [5.41, 5.74) is 0.823. The van der Waals surface area contributed by atoms with Gasteiger partial charge in [-0.25, -0.2) is 0 Å². The molecule has 3 aromatic rings. The molecule has 0 radical (unpaired) electrons. The molecule has 0 saturated carbocycles. The molecule has 0 bridgehead atoms. The zero-order valence-corrected chi connectivity index (χ0v) is 12.0. The van der Waals surface area contributed by atoms with Gasteiger partial charge in [-0.15, -0.1) is 22.7 Å². The van der Waals surface area contributed by atoms with Crippen LogP contribution in [0.1, 0.15) is 9.75 Å². The van der Waals surface area contributed by atoms with Gasteiger partial charge in [-0.3, -0.25) is 9.36 Å². The number of H-pyrrole nitrogens is 1. The molecule has 0 atom stereocenters. The average molecular weight is 294 g/mol. The second-order valence-electron chi connectivity index (χ2n) is 4.00. The molecular formula is C12H10N2OS3. The van der Waals surface area contributed by atoms with Crippen LogP contribution in [0, 0.1) is 11.7 Å². The molecule has 0 fully saturated rings. The maximum atomic E-state index is 12.3. The van der Waals surface area contributed by atoms with Crippen LogP contribution in [0.2, 0.25) is 0 Å². The highest BCUT2D eigenvalue weighted by Gasteiger charge is 2.08. The summed E-state index contributed by atoms with van der Waals surface area (Å²) in [4.78, 5) is 17.8. The first kappa shape index (κ1) is 11.8. The molecular weight excluding hydrogens is 284 g/mol. The number of aryl methyl sites for hydroxylation is 1. The van der Waals surface area contributed by atoms with E-state index in [1.165, 1.54) is 16.2 Å². The quantitative estimate of drug-likeness (QED) is 0.734. The Morgan fingerprint density at radius 2 is 2.22 bits per heavy atom. The highest BCUT2D eigenvalue weighted by molar-refractivity contribution is 7.71. The summed E-state index contributed by atoms with van der Waals surface area (Å²) in [7, 11) is 0. The predicted molar refractivity (Wildman–Crippen MR) is 79.4 cm³/mol. The second-order valence-corrected chi connectivity index (χ2v) is 6.67. The molecule has 0 aliphatic heterocycles. The van der Waals surface area contributed by atoms with Gasteiger partial charge in [0.1, 0.15) is 4.70 Å². The third-order valence-electron chi connectivity index (χ3n) is 2.70. The van der Waals surface area contributed by atoms with E-state index >= 15 is 0 Å². The minimum absolute atomic E-state index is 0.00481. The summed E-state index contributed by atoms with van der Waals surface area (Å²) in [6.45, 7) is 2.60. The zero-order valence-electron chi connectivity index (χ0n) is 9.60. The van der Waals surface area contributed by atoms with Gasteiger partial charge in [-0.1, -0.05) is 0 Å². The number of aromatic amines is 1. The number of rotatable bonds is 2. The van der Waals surface area contributed by atoms with E-state index in [2.05, 4.69) is 18.0 Å². The summed E-state index contributed by atoms with van der Waals surface area (Å²) < 4.78 is 2.84. The Balaban J connectivity index is 2.17. The van der Waals surface area contributed by atoms with Crippen LogP contribution in [0.15, 0.2) is 28.4 Å². The van der Waals surface area contributed by atoms with E-state index in [1.807, 2.05) is 17.5 Å². The number of aromatic nitrogens is 2. The molecule has 6 heteroatoms. The molecule has 18 heavy (non-hydrogen) atoms. The molecule has 3 nitrogen and oxygen atoms in total. The van der Waals surface area contributed by atoms with Crippen LogP contribution in [-0.2, 0) is 6.54 Å². The molecule has 0 saturated heterocycles. The van der Waals surface area contributed by atoms with Gasteiger partial charge in [0.25, 0.3) is 5.56 Å². The van der Waals surface area contributed by atoms with E-state index in [0.29, 0.717) is 11.3 Å². The molecule has 92 valence electrons. The fourth-order valence-electron chi connectivity index (χ4n) is 1.84. The Morgan fingerprint density at radius 3 is 2.94 bits per heavy atom. The average Bonchev–Trinajstić information content (AvgIpc) is 2.93. The van der Waals surface area contributed by atoms with Gasteiger partial charge in [-0.2, -0.15) is 0 Å². The van der Waals surface area contributed by atoms with Crippen LogP contribution in [0.5, 0.6) is 0 Å². The van der Waals surface area contributed by atoms with Gasteiger partial charge in [0.2, 0.25) is 0 Å². The zero-order chi connectivity index (χ0) is 12.7. The van der Waals surface area contributed by atoms with Crippen LogP contribution in [0.4, 0.5) is 0 Å². The van der Waals surface area contributed by atoms with Crippen molar-refractivity contribution in [1.29, 1.82) is 0 Å². The lowest BCUT2D eigenvalue weighted by atomic mass is 10.4. The van der Waals surface area contributed by atoms with Crippen molar-refractivity contribution in [1.82, 2.24) is 9.55 Å². The number of hydrogen-bond donors (Lipinski definition) is 1. The maximum Gasteiger partial charge on any atom is 0.272 e. The van der Waals surface area contributed by atoms with Crippen LogP contribution in [0.3, 0.4) is 0 Å². The molecule has 0 spiro atoms. The van der Waals surface area contributed by atoms with Crippen LogP contribution in [0.25, 0.3) is 10.2 Å². The van der Waals surface area contributed by atoms with Gasteiger partial charge in [0, 0.05) is 9.75 Å². The van der Waals surface area contributed by atoms with E-state index in [-0.39, 0.29) is 5.56 Å². The van der Waals surface area contributed by atoms with Gasteiger partial charge in [0.15, 0.2) is 4.77 Å². The highest BCUT2D eigenvalue weighted by atomic mass is 32.1. The molecule has 0 aromatic carbocycles. The van der Waals surface area contributed by atoms with Crippen molar-refractivity contribution in [2.45, 2.75) is 13.5 Å². The SMILES string of the molecule is Cc1ccc(Cn2c(=S)[nH]c3ccsc3c2=O)s1. The van der Waals surface area contributed by atoms with Crippen molar-refractivity contribution in [3.05, 3.63) is 48.5 Å². The first-order valence-corrected chi connectivity index (χ1v) is 7.51. The minimum Gasteiger partial charge on any atom is -0.331 e. The van der Waals surface area contributed by atoms with Gasteiger partial charge < -0.3 is 4.98 Å². The van der Waals surface area contributed by atoms with Crippen molar-refractivity contribution in [3.63, 3.8) is 0 Å². The fourth-order valence-corrected chi connectivity index (χ4v) is 3.77. The van der Waals surface area contributed by atoms with Crippen molar-refractivity contribution in [3.8, 4) is 0 Å². The number of nitrogens with zero attached hydrogens (tertiary/aromatic N) is 1. The van der Waals surface area contributed by atoms with Crippen molar-refractivity contribution < 1.29 is 0 Å². The van der Waals surface area contributed by atoms with E-state index in [0.717, 1.165) is 15.1 Å². The minimum atomic E-state index is -0.00481. The van der Waals surface area contributed by atoms with Crippen LogP contribution in [-0.4, -0.2) is 9.55 Å². The largest absolute Gasteiger partial charge is 0.331 e.